The highest BCUT2D eigenvalue weighted by atomic mass is 32.2. The zero-order chi connectivity index (χ0) is 17.5. The monoisotopic (exact) mass is 380 g/mol. The van der Waals surface area contributed by atoms with E-state index in [2.05, 4.69) is 27.1 Å². The summed E-state index contributed by atoms with van der Waals surface area (Å²) in [5.74, 6) is 0.677. The van der Waals surface area contributed by atoms with Crippen molar-refractivity contribution in [3.63, 3.8) is 0 Å². The van der Waals surface area contributed by atoms with Gasteiger partial charge in [0.15, 0.2) is 0 Å². The number of likely N-dealkylation sites (tertiary alicyclic amines) is 1. The molecule has 0 amide bonds. The van der Waals surface area contributed by atoms with Crippen molar-refractivity contribution in [3.8, 4) is 5.75 Å². The van der Waals surface area contributed by atoms with Crippen LogP contribution in [0.3, 0.4) is 0 Å². The summed E-state index contributed by atoms with van der Waals surface area (Å²) in [5, 5.41) is 2.09. The van der Waals surface area contributed by atoms with Gasteiger partial charge in [-0.25, -0.2) is 13.1 Å². The number of hydrogen-bond acceptors (Lipinski definition) is 5. The van der Waals surface area contributed by atoms with Crippen molar-refractivity contribution in [2.45, 2.75) is 25.4 Å². The van der Waals surface area contributed by atoms with E-state index in [-0.39, 0.29) is 18.4 Å². The molecule has 1 N–H and O–H groups in total. The molecule has 1 fully saturated rings. The average molecular weight is 381 g/mol. The molecule has 5 nitrogen and oxygen atoms in total. The lowest BCUT2D eigenvalue weighted by Gasteiger charge is -2.31. The highest BCUT2D eigenvalue weighted by molar-refractivity contribution is 7.89. The lowest BCUT2D eigenvalue weighted by molar-refractivity contribution is 0.201. The topological polar surface area (TPSA) is 58.6 Å². The summed E-state index contributed by atoms with van der Waals surface area (Å²) in [4.78, 5) is 3.74. The van der Waals surface area contributed by atoms with Gasteiger partial charge in [-0.15, -0.1) is 11.3 Å². The van der Waals surface area contributed by atoms with Gasteiger partial charge in [-0.2, -0.15) is 0 Å². The number of nitrogens with one attached hydrogen (secondary N) is 1. The molecule has 25 heavy (non-hydrogen) atoms. The van der Waals surface area contributed by atoms with Crippen LogP contribution in [0.4, 0.5) is 0 Å². The number of nitrogens with zero attached hydrogens (tertiary/aromatic N) is 1. The summed E-state index contributed by atoms with van der Waals surface area (Å²) in [6, 6.07) is 13.5. The number of rotatable bonds is 8. The van der Waals surface area contributed by atoms with Gasteiger partial charge in [-0.05, 0) is 36.4 Å². The predicted molar refractivity (Wildman–Crippen MR) is 101 cm³/mol. The van der Waals surface area contributed by atoms with Gasteiger partial charge in [0.05, 0.1) is 5.75 Å². The Labute approximate surface area is 153 Å². The molecule has 2 aromatic rings. The van der Waals surface area contributed by atoms with Crippen LogP contribution in [0.15, 0.2) is 47.8 Å². The summed E-state index contributed by atoms with van der Waals surface area (Å²) < 4.78 is 32.8. The zero-order valence-electron chi connectivity index (χ0n) is 14.1. The molecule has 7 heteroatoms. The number of thiophene rings is 1. The fourth-order valence-electron chi connectivity index (χ4n) is 2.93. The second kappa shape index (κ2) is 8.80. The first-order valence-corrected chi connectivity index (χ1v) is 11.1. The lowest BCUT2D eigenvalue weighted by atomic mass is 10.1. The van der Waals surface area contributed by atoms with E-state index in [1.165, 1.54) is 4.88 Å². The lowest BCUT2D eigenvalue weighted by Crippen LogP contribution is -2.45. The Morgan fingerprint density at radius 3 is 2.56 bits per heavy atom. The molecule has 136 valence electrons. The highest BCUT2D eigenvalue weighted by Gasteiger charge is 2.23. The Bertz CT molecular complexity index is 725. The van der Waals surface area contributed by atoms with Crippen LogP contribution in [0.5, 0.6) is 5.75 Å². The van der Waals surface area contributed by atoms with Crippen LogP contribution in [-0.4, -0.2) is 44.8 Å². The van der Waals surface area contributed by atoms with Crippen molar-refractivity contribution in [1.29, 1.82) is 0 Å². The van der Waals surface area contributed by atoms with Crippen LogP contribution in [0, 0.1) is 0 Å². The summed E-state index contributed by atoms with van der Waals surface area (Å²) in [5.41, 5.74) is 0. The van der Waals surface area contributed by atoms with E-state index in [0.717, 1.165) is 32.5 Å². The van der Waals surface area contributed by atoms with E-state index < -0.39 is 10.0 Å². The van der Waals surface area contributed by atoms with Crippen molar-refractivity contribution in [2.24, 2.45) is 0 Å². The maximum absolute atomic E-state index is 12.2. The second-order valence-electron chi connectivity index (χ2n) is 6.23. The normalized spacial score (nSPS) is 16.8. The van der Waals surface area contributed by atoms with Gasteiger partial charge in [0, 0.05) is 30.6 Å². The zero-order valence-corrected chi connectivity index (χ0v) is 15.8. The quantitative estimate of drug-likeness (QED) is 0.765. The van der Waals surface area contributed by atoms with Crippen molar-refractivity contribution >= 4 is 21.4 Å². The van der Waals surface area contributed by atoms with Crippen molar-refractivity contribution in [2.75, 3.05) is 25.4 Å². The minimum absolute atomic E-state index is 0.0166. The molecule has 0 aliphatic carbocycles. The molecule has 2 heterocycles. The Balaban J connectivity index is 1.38. The molecular weight excluding hydrogens is 356 g/mol. The molecule has 1 aromatic carbocycles. The fraction of sp³-hybridized carbons (Fsp3) is 0.444. The minimum Gasteiger partial charge on any atom is -0.492 e. The van der Waals surface area contributed by atoms with Crippen molar-refractivity contribution < 1.29 is 13.2 Å². The van der Waals surface area contributed by atoms with E-state index in [1.54, 1.807) is 11.3 Å². The summed E-state index contributed by atoms with van der Waals surface area (Å²) >= 11 is 1.77. The molecule has 0 spiro atoms. The van der Waals surface area contributed by atoms with E-state index in [1.807, 2.05) is 30.3 Å². The Hall–Kier alpha value is -1.41. The number of para-hydroxylation sites is 1. The molecule has 0 bridgehead atoms. The van der Waals surface area contributed by atoms with E-state index in [9.17, 15) is 8.42 Å². The van der Waals surface area contributed by atoms with Gasteiger partial charge < -0.3 is 4.74 Å². The number of ether oxygens (including phenoxy) is 1. The number of sulfonamides is 1. The summed E-state index contributed by atoms with van der Waals surface area (Å²) in [7, 11) is -3.31. The number of benzene rings is 1. The molecule has 0 unspecified atom stereocenters. The van der Waals surface area contributed by atoms with E-state index >= 15 is 0 Å². The van der Waals surface area contributed by atoms with Crippen LogP contribution in [0.1, 0.15) is 17.7 Å². The van der Waals surface area contributed by atoms with Gasteiger partial charge in [0.2, 0.25) is 10.0 Å². The third kappa shape index (κ3) is 6.11. The molecule has 1 aliphatic rings. The minimum atomic E-state index is -3.31. The van der Waals surface area contributed by atoms with Gasteiger partial charge in [-0.1, -0.05) is 24.3 Å². The number of piperidine rings is 1. The Kier molecular flexibility index (Phi) is 6.47. The van der Waals surface area contributed by atoms with Crippen molar-refractivity contribution in [1.82, 2.24) is 9.62 Å². The Morgan fingerprint density at radius 2 is 1.88 bits per heavy atom. The smallest absolute Gasteiger partial charge is 0.215 e. The van der Waals surface area contributed by atoms with Crippen LogP contribution in [0.25, 0.3) is 0 Å². The third-order valence-corrected chi connectivity index (χ3v) is 6.52. The molecule has 0 radical (unpaired) electrons. The van der Waals surface area contributed by atoms with E-state index in [4.69, 9.17) is 4.74 Å². The van der Waals surface area contributed by atoms with Gasteiger partial charge in [-0.3, -0.25) is 4.90 Å². The largest absolute Gasteiger partial charge is 0.492 e. The SMILES string of the molecule is O=S(=O)(CCOc1ccccc1)NC1CCN(Cc2cccs2)CC1. The van der Waals surface area contributed by atoms with Crippen LogP contribution < -0.4 is 9.46 Å². The van der Waals surface area contributed by atoms with Gasteiger partial charge in [0.1, 0.15) is 12.4 Å². The molecule has 0 atom stereocenters. The van der Waals surface area contributed by atoms with E-state index in [0.29, 0.717) is 5.75 Å². The third-order valence-electron chi connectivity index (χ3n) is 4.26. The first kappa shape index (κ1) is 18.4. The molecule has 1 saturated heterocycles. The highest BCUT2D eigenvalue weighted by Crippen LogP contribution is 2.17. The predicted octanol–water partition coefficient (Wildman–Crippen LogP) is 2.71. The number of hydrogen-bond donors (Lipinski definition) is 1. The molecule has 1 aliphatic heterocycles. The summed E-state index contributed by atoms with van der Waals surface area (Å²) in [6.07, 6.45) is 1.70. The molecule has 0 saturated carbocycles. The first-order valence-electron chi connectivity index (χ1n) is 8.53. The average Bonchev–Trinajstić information content (AvgIpc) is 3.10. The maximum atomic E-state index is 12.2. The molecule has 1 aromatic heterocycles. The van der Waals surface area contributed by atoms with Crippen LogP contribution in [0.2, 0.25) is 0 Å². The van der Waals surface area contributed by atoms with Crippen LogP contribution in [-0.2, 0) is 16.6 Å². The first-order chi connectivity index (χ1) is 12.1. The van der Waals surface area contributed by atoms with Crippen LogP contribution >= 0.6 is 11.3 Å². The molecule has 3 rings (SSSR count). The fourth-order valence-corrected chi connectivity index (χ4v) is 4.84. The Morgan fingerprint density at radius 1 is 1.12 bits per heavy atom. The summed E-state index contributed by atoms with van der Waals surface area (Å²) in [6.45, 7) is 2.97. The second-order valence-corrected chi connectivity index (χ2v) is 9.13. The standard InChI is InChI=1S/C18H24N2O3S2/c21-25(22,14-12-23-17-5-2-1-3-6-17)19-16-8-10-20(11-9-16)15-18-7-4-13-24-18/h1-7,13,16,19H,8-12,14-15H2. The van der Waals surface area contributed by atoms with Gasteiger partial charge >= 0.3 is 0 Å². The maximum Gasteiger partial charge on any atom is 0.215 e. The molecular formula is C18H24N2O3S2. The van der Waals surface area contributed by atoms with Gasteiger partial charge in [0.25, 0.3) is 0 Å². The van der Waals surface area contributed by atoms with Crippen molar-refractivity contribution in [3.05, 3.63) is 52.7 Å².